The van der Waals surface area contributed by atoms with Crippen molar-refractivity contribution in [3.8, 4) is 0 Å². The van der Waals surface area contributed by atoms with E-state index >= 15 is 0 Å². The quantitative estimate of drug-likeness (QED) is 0.777. The SMILES string of the molecule is CCCNCC(C)(C)c1c(F)cccc1Cl. The summed E-state index contributed by atoms with van der Waals surface area (Å²) in [7, 11) is 0. The summed E-state index contributed by atoms with van der Waals surface area (Å²) >= 11 is 6.06. The predicted molar refractivity (Wildman–Crippen MR) is 67.6 cm³/mol. The number of nitrogens with one attached hydrogen (secondary N) is 1. The smallest absolute Gasteiger partial charge is 0.128 e. The first-order chi connectivity index (χ1) is 7.49. The van der Waals surface area contributed by atoms with Crippen LogP contribution in [0, 0.1) is 5.82 Å². The van der Waals surface area contributed by atoms with Crippen LogP contribution < -0.4 is 5.32 Å². The standard InChI is InChI=1S/C13H19ClFN/c1-4-8-16-9-13(2,3)12-10(14)6-5-7-11(12)15/h5-7,16H,4,8-9H2,1-3H3. The third kappa shape index (κ3) is 3.19. The second-order valence-corrected chi connectivity index (χ2v) is 5.06. The summed E-state index contributed by atoms with van der Waals surface area (Å²) in [5.41, 5.74) is 0.303. The van der Waals surface area contributed by atoms with Crippen molar-refractivity contribution < 1.29 is 4.39 Å². The van der Waals surface area contributed by atoms with Gasteiger partial charge in [-0.1, -0.05) is 38.4 Å². The van der Waals surface area contributed by atoms with Crippen molar-refractivity contribution in [1.29, 1.82) is 0 Å². The van der Waals surface area contributed by atoms with Crippen LogP contribution in [-0.2, 0) is 5.41 Å². The molecule has 0 amide bonds. The summed E-state index contributed by atoms with van der Waals surface area (Å²) in [6.45, 7) is 7.77. The Balaban J connectivity index is 2.88. The van der Waals surface area contributed by atoms with Crippen LogP contribution in [0.25, 0.3) is 0 Å². The molecule has 0 heterocycles. The normalized spacial score (nSPS) is 11.8. The molecule has 1 aromatic carbocycles. The van der Waals surface area contributed by atoms with Crippen LogP contribution in [0.3, 0.4) is 0 Å². The molecule has 16 heavy (non-hydrogen) atoms. The Morgan fingerprint density at radius 2 is 2.06 bits per heavy atom. The number of halogens is 2. The zero-order valence-electron chi connectivity index (χ0n) is 10.1. The Bertz CT molecular complexity index is 330. The van der Waals surface area contributed by atoms with Gasteiger partial charge in [0.2, 0.25) is 0 Å². The molecule has 0 atom stereocenters. The first-order valence-electron chi connectivity index (χ1n) is 5.64. The molecule has 0 aliphatic rings. The highest BCUT2D eigenvalue weighted by molar-refractivity contribution is 6.31. The lowest BCUT2D eigenvalue weighted by atomic mass is 9.84. The fourth-order valence-corrected chi connectivity index (χ4v) is 2.23. The molecule has 0 saturated heterocycles. The summed E-state index contributed by atoms with van der Waals surface area (Å²) in [5.74, 6) is -0.226. The maximum absolute atomic E-state index is 13.7. The molecular weight excluding hydrogens is 225 g/mol. The molecule has 3 heteroatoms. The molecule has 0 aromatic heterocycles. The predicted octanol–water partition coefficient (Wildman–Crippen LogP) is 3.76. The van der Waals surface area contributed by atoms with E-state index in [0.717, 1.165) is 19.5 Å². The summed E-state index contributed by atoms with van der Waals surface area (Å²) in [5, 5.41) is 3.81. The number of benzene rings is 1. The molecule has 0 fully saturated rings. The van der Waals surface area contributed by atoms with Crippen LogP contribution in [0.2, 0.25) is 5.02 Å². The van der Waals surface area contributed by atoms with Crippen molar-refractivity contribution in [3.05, 3.63) is 34.6 Å². The van der Waals surface area contributed by atoms with Crippen LogP contribution in [0.1, 0.15) is 32.8 Å². The molecule has 1 N–H and O–H groups in total. The molecule has 0 bridgehead atoms. The van der Waals surface area contributed by atoms with Crippen LogP contribution >= 0.6 is 11.6 Å². The Kier molecular flexibility index (Phi) is 4.75. The van der Waals surface area contributed by atoms with Gasteiger partial charge in [-0.25, -0.2) is 4.39 Å². The topological polar surface area (TPSA) is 12.0 Å². The van der Waals surface area contributed by atoms with Gasteiger partial charge in [-0.05, 0) is 25.1 Å². The Morgan fingerprint density at radius 3 is 2.62 bits per heavy atom. The average Bonchev–Trinajstić information content (AvgIpc) is 2.17. The fraction of sp³-hybridized carbons (Fsp3) is 0.538. The molecular formula is C13H19ClFN. The fourth-order valence-electron chi connectivity index (χ4n) is 1.81. The minimum Gasteiger partial charge on any atom is -0.316 e. The van der Waals surface area contributed by atoms with Gasteiger partial charge in [0.15, 0.2) is 0 Å². The van der Waals surface area contributed by atoms with Crippen molar-refractivity contribution in [3.63, 3.8) is 0 Å². The minimum absolute atomic E-state index is 0.226. The van der Waals surface area contributed by atoms with Gasteiger partial charge in [0.05, 0.1) is 0 Å². The Hall–Kier alpha value is -0.600. The zero-order chi connectivity index (χ0) is 12.2. The van der Waals surface area contributed by atoms with E-state index in [1.165, 1.54) is 6.07 Å². The van der Waals surface area contributed by atoms with Gasteiger partial charge in [0.25, 0.3) is 0 Å². The van der Waals surface area contributed by atoms with E-state index in [9.17, 15) is 4.39 Å². The van der Waals surface area contributed by atoms with Crippen molar-refractivity contribution in [2.24, 2.45) is 0 Å². The molecule has 90 valence electrons. The molecule has 0 unspecified atom stereocenters. The Labute approximate surface area is 102 Å². The minimum atomic E-state index is -0.294. The molecule has 0 spiro atoms. The first-order valence-corrected chi connectivity index (χ1v) is 6.02. The molecule has 0 aliphatic carbocycles. The lowest BCUT2D eigenvalue weighted by Gasteiger charge is -2.27. The summed E-state index contributed by atoms with van der Waals surface area (Å²) in [4.78, 5) is 0. The van der Waals surface area contributed by atoms with Gasteiger partial charge < -0.3 is 5.32 Å². The highest BCUT2D eigenvalue weighted by Gasteiger charge is 2.26. The van der Waals surface area contributed by atoms with Crippen molar-refractivity contribution in [2.75, 3.05) is 13.1 Å². The maximum Gasteiger partial charge on any atom is 0.128 e. The average molecular weight is 244 g/mol. The Morgan fingerprint density at radius 1 is 1.38 bits per heavy atom. The third-order valence-corrected chi connectivity index (χ3v) is 2.95. The van der Waals surface area contributed by atoms with Crippen LogP contribution in [0.4, 0.5) is 4.39 Å². The van der Waals surface area contributed by atoms with Gasteiger partial charge in [0.1, 0.15) is 5.82 Å². The van der Waals surface area contributed by atoms with Crippen LogP contribution in [0.5, 0.6) is 0 Å². The van der Waals surface area contributed by atoms with E-state index < -0.39 is 0 Å². The van der Waals surface area contributed by atoms with Gasteiger partial charge in [-0.3, -0.25) is 0 Å². The summed E-state index contributed by atoms with van der Waals surface area (Å²) in [6, 6.07) is 4.83. The molecule has 1 rings (SSSR count). The van der Waals surface area contributed by atoms with Gasteiger partial charge >= 0.3 is 0 Å². The lowest BCUT2D eigenvalue weighted by molar-refractivity contribution is 0.445. The summed E-state index contributed by atoms with van der Waals surface area (Å²) < 4.78 is 13.7. The maximum atomic E-state index is 13.7. The van der Waals surface area contributed by atoms with Crippen LogP contribution in [-0.4, -0.2) is 13.1 Å². The van der Waals surface area contributed by atoms with Gasteiger partial charge in [-0.2, -0.15) is 0 Å². The van der Waals surface area contributed by atoms with Gasteiger partial charge in [0, 0.05) is 22.5 Å². The molecule has 0 aliphatic heterocycles. The molecule has 0 radical (unpaired) electrons. The van der Waals surface area contributed by atoms with E-state index in [-0.39, 0.29) is 11.2 Å². The molecule has 1 aromatic rings. The molecule has 1 nitrogen and oxygen atoms in total. The number of rotatable bonds is 5. The second kappa shape index (κ2) is 5.65. The van der Waals surface area contributed by atoms with E-state index in [1.807, 2.05) is 13.8 Å². The monoisotopic (exact) mass is 243 g/mol. The highest BCUT2D eigenvalue weighted by atomic mass is 35.5. The van der Waals surface area contributed by atoms with Gasteiger partial charge in [-0.15, -0.1) is 0 Å². The molecule has 0 saturated carbocycles. The highest BCUT2D eigenvalue weighted by Crippen LogP contribution is 2.31. The number of hydrogen-bond donors (Lipinski definition) is 1. The van der Waals surface area contributed by atoms with Crippen molar-refractivity contribution >= 4 is 11.6 Å². The summed E-state index contributed by atoms with van der Waals surface area (Å²) in [6.07, 6.45) is 1.07. The van der Waals surface area contributed by atoms with Crippen LogP contribution in [0.15, 0.2) is 18.2 Å². The van der Waals surface area contributed by atoms with E-state index in [0.29, 0.717) is 10.6 Å². The third-order valence-electron chi connectivity index (χ3n) is 2.63. The zero-order valence-corrected chi connectivity index (χ0v) is 10.9. The first kappa shape index (κ1) is 13.5. The van der Waals surface area contributed by atoms with E-state index in [1.54, 1.807) is 12.1 Å². The van der Waals surface area contributed by atoms with E-state index in [2.05, 4.69) is 12.2 Å². The largest absolute Gasteiger partial charge is 0.316 e. The van der Waals surface area contributed by atoms with Crippen molar-refractivity contribution in [1.82, 2.24) is 5.32 Å². The van der Waals surface area contributed by atoms with E-state index in [4.69, 9.17) is 11.6 Å². The number of hydrogen-bond acceptors (Lipinski definition) is 1. The van der Waals surface area contributed by atoms with Crippen molar-refractivity contribution in [2.45, 2.75) is 32.6 Å². The second-order valence-electron chi connectivity index (χ2n) is 4.66. The lowest BCUT2D eigenvalue weighted by Crippen LogP contribution is -2.34.